The van der Waals surface area contributed by atoms with Gasteiger partial charge in [-0.2, -0.15) is 9.50 Å². The van der Waals surface area contributed by atoms with Crippen molar-refractivity contribution >= 4 is 57.7 Å². The highest BCUT2D eigenvalue weighted by molar-refractivity contribution is 7.15. The molecule has 176 valence electrons. The lowest BCUT2D eigenvalue weighted by atomic mass is 10.2. The predicted octanol–water partition coefficient (Wildman–Crippen LogP) is 5.45. The number of rotatable bonds is 6. The molecule has 0 amide bonds. The first-order valence-electron chi connectivity index (χ1n) is 10.3. The lowest BCUT2D eigenvalue weighted by Crippen LogP contribution is -2.23. The molecule has 0 aliphatic carbocycles. The number of ether oxygens (including phenoxy) is 2. The van der Waals surface area contributed by atoms with Crippen LogP contribution in [0.1, 0.15) is 17.1 Å². The molecular weight excluding hydrogens is 509 g/mol. The number of thiazole rings is 1. The molecule has 0 saturated carbocycles. The zero-order valence-corrected chi connectivity index (χ0v) is 20.8. The van der Waals surface area contributed by atoms with Crippen LogP contribution in [-0.4, -0.2) is 28.8 Å². The van der Waals surface area contributed by atoms with E-state index >= 15 is 0 Å². The summed E-state index contributed by atoms with van der Waals surface area (Å²) in [6, 6.07) is 14.3. The first kappa shape index (κ1) is 23.2. The summed E-state index contributed by atoms with van der Waals surface area (Å²) in [5.41, 5.74) is 1.32. The molecule has 0 N–H and O–H groups in total. The molecule has 0 bridgehead atoms. The summed E-state index contributed by atoms with van der Waals surface area (Å²) in [5.74, 6) is 2.78. The summed E-state index contributed by atoms with van der Waals surface area (Å²) in [5, 5.41) is 5.34. The Morgan fingerprint density at radius 2 is 1.83 bits per heavy atom. The Morgan fingerprint density at radius 3 is 2.57 bits per heavy atom. The molecule has 10 heteroatoms. The first-order valence-corrected chi connectivity index (χ1v) is 11.9. The second kappa shape index (κ2) is 9.58. The van der Waals surface area contributed by atoms with Gasteiger partial charge in [0.15, 0.2) is 17.3 Å². The average molecular weight is 526 g/mol. The van der Waals surface area contributed by atoms with Gasteiger partial charge in [0.1, 0.15) is 16.1 Å². The number of fused-ring (bicyclic) bond motifs is 1. The van der Waals surface area contributed by atoms with Gasteiger partial charge in [-0.05, 0) is 54.1 Å². The van der Waals surface area contributed by atoms with Crippen LogP contribution in [-0.2, 0) is 0 Å². The quantitative estimate of drug-likeness (QED) is 0.293. The van der Waals surface area contributed by atoms with Crippen LogP contribution in [0.25, 0.3) is 34.5 Å². The van der Waals surface area contributed by atoms with Crippen LogP contribution in [0.15, 0.2) is 57.7 Å². The highest BCUT2D eigenvalue weighted by Crippen LogP contribution is 2.32. The average Bonchev–Trinajstić information content (AvgIpc) is 3.55. The van der Waals surface area contributed by atoms with Gasteiger partial charge in [-0.3, -0.25) is 4.79 Å². The van der Waals surface area contributed by atoms with Crippen LogP contribution >= 0.6 is 34.5 Å². The number of halogens is 2. The molecule has 5 rings (SSSR count). The Labute approximate surface area is 213 Å². The van der Waals surface area contributed by atoms with Crippen molar-refractivity contribution in [2.45, 2.75) is 0 Å². The van der Waals surface area contributed by atoms with Crippen molar-refractivity contribution in [3.63, 3.8) is 0 Å². The minimum atomic E-state index is -0.272. The minimum Gasteiger partial charge on any atom is -0.493 e. The molecule has 0 unspecified atom stereocenters. The summed E-state index contributed by atoms with van der Waals surface area (Å²) in [6.45, 7) is 0. The molecule has 35 heavy (non-hydrogen) atoms. The Hall–Kier alpha value is -3.59. The first-order chi connectivity index (χ1) is 16.9. The van der Waals surface area contributed by atoms with E-state index in [4.69, 9.17) is 37.1 Å². The second-order valence-corrected chi connectivity index (χ2v) is 9.21. The van der Waals surface area contributed by atoms with E-state index in [0.29, 0.717) is 53.9 Å². The molecule has 7 nitrogen and oxygen atoms in total. The van der Waals surface area contributed by atoms with Crippen molar-refractivity contribution < 1.29 is 13.9 Å². The van der Waals surface area contributed by atoms with Crippen LogP contribution < -0.4 is 19.6 Å². The van der Waals surface area contributed by atoms with Crippen molar-refractivity contribution in [2.24, 2.45) is 0 Å². The third-order valence-corrected chi connectivity index (χ3v) is 6.63. The van der Waals surface area contributed by atoms with Gasteiger partial charge in [0, 0.05) is 16.7 Å². The normalized spacial score (nSPS) is 12.2. The van der Waals surface area contributed by atoms with Crippen LogP contribution in [0.4, 0.5) is 0 Å². The van der Waals surface area contributed by atoms with Gasteiger partial charge in [0.25, 0.3) is 5.56 Å². The van der Waals surface area contributed by atoms with Crippen LogP contribution in [0, 0.1) is 0 Å². The zero-order valence-electron chi connectivity index (χ0n) is 18.5. The number of aromatic nitrogens is 3. The fourth-order valence-electron chi connectivity index (χ4n) is 3.44. The molecule has 5 aromatic rings. The van der Waals surface area contributed by atoms with E-state index in [1.54, 1.807) is 56.7 Å². The van der Waals surface area contributed by atoms with Gasteiger partial charge in [0.05, 0.1) is 19.2 Å². The van der Waals surface area contributed by atoms with Crippen molar-refractivity contribution in [2.75, 3.05) is 14.2 Å². The number of furan rings is 1. The molecule has 0 fully saturated rings. The molecule has 0 aliphatic rings. The SMILES string of the molecule is COc1ccc(/C=C/c2nc3s/c(=C\c4ccc(-c5ccc(Cl)cc5Cl)o4)c(=O)n3n2)cc1OC. The molecule has 0 saturated heterocycles. The maximum absolute atomic E-state index is 12.9. The number of nitrogens with zero attached hydrogens (tertiary/aromatic N) is 3. The number of hydrogen-bond donors (Lipinski definition) is 0. The van der Waals surface area contributed by atoms with Gasteiger partial charge in [-0.25, -0.2) is 0 Å². The Kier molecular flexibility index (Phi) is 6.34. The Bertz CT molecular complexity index is 1690. The smallest absolute Gasteiger partial charge is 0.291 e. The van der Waals surface area contributed by atoms with Crippen LogP contribution in [0.5, 0.6) is 11.5 Å². The van der Waals surface area contributed by atoms with Crippen molar-refractivity contribution in [3.05, 3.63) is 90.6 Å². The molecule has 0 radical (unpaired) electrons. The van der Waals surface area contributed by atoms with E-state index in [0.717, 1.165) is 5.56 Å². The zero-order chi connectivity index (χ0) is 24.5. The minimum absolute atomic E-state index is 0.272. The Morgan fingerprint density at radius 1 is 1.00 bits per heavy atom. The molecule has 3 aromatic heterocycles. The van der Waals surface area contributed by atoms with Gasteiger partial charge in [-0.15, -0.1) is 5.10 Å². The maximum Gasteiger partial charge on any atom is 0.291 e. The summed E-state index contributed by atoms with van der Waals surface area (Å²) in [6.07, 6.45) is 5.24. The van der Waals surface area contributed by atoms with Gasteiger partial charge < -0.3 is 13.9 Å². The molecule has 3 heterocycles. The van der Waals surface area contributed by atoms with E-state index in [-0.39, 0.29) is 5.56 Å². The third-order valence-electron chi connectivity index (χ3n) is 5.13. The largest absolute Gasteiger partial charge is 0.493 e. The fourth-order valence-corrected chi connectivity index (χ4v) is 4.84. The standard InChI is InChI=1S/C25H17Cl2N3O4S/c1-32-20-8-3-14(11-21(20)33-2)4-10-23-28-25-30(29-23)24(31)22(35-25)13-16-6-9-19(34-16)17-7-5-15(26)12-18(17)27/h3-13H,1-2H3/b10-4+,22-13-. The predicted molar refractivity (Wildman–Crippen MR) is 139 cm³/mol. The summed E-state index contributed by atoms with van der Waals surface area (Å²) in [7, 11) is 3.17. The highest BCUT2D eigenvalue weighted by atomic mass is 35.5. The monoisotopic (exact) mass is 525 g/mol. The van der Waals surface area contributed by atoms with Crippen molar-refractivity contribution in [1.82, 2.24) is 14.6 Å². The molecule has 2 aromatic carbocycles. The maximum atomic E-state index is 12.9. The summed E-state index contributed by atoms with van der Waals surface area (Å²) in [4.78, 5) is 17.8. The van der Waals surface area contributed by atoms with Crippen molar-refractivity contribution in [1.29, 1.82) is 0 Å². The van der Waals surface area contributed by atoms with E-state index in [1.165, 1.54) is 15.9 Å². The van der Waals surface area contributed by atoms with Crippen LogP contribution in [0.2, 0.25) is 10.0 Å². The van der Waals surface area contributed by atoms with E-state index in [1.807, 2.05) is 24.3 Å². The fraction of sp³-hybridized carbons (Fsp3) is 0.0800. The van der Waals surface area contributed by atoms with Crippen molar-refractivity contribution in [3.8, 4) is 22.8 Å². The summed E-state index contributed by atoms with van der Waals surface area (Å²) < 4.78 is 18.2. The lowest BCUT2D eigenvalue weighted by molar-refractivity contribution is 0.355. The highest BCUT2D eigenvalue weighted by Gasteiger charge is 2.12. The van der Waals surface area contributed by atoms with E-state index in [2.05, 4.69) is 10.1 Å². The number of methoxy groups -OCH3 is 2. The van der Waals surface area contributed by atoms with E-state index in [9.17, 15) is 4.79 Å². The van der Waals surface area contributed by atoms with Gasteiger partial charge >= 0.3 is 0 Å². The molecule has 0 spiro atoms. The second-order valence-electron chi connectivity index (χ2n) is 7.35. The third kappa shape index (κ3) is 4.68. The molecule has 0 aliphatic heterocycles. The topological polar surface area (TPSA) is 78.9 Å². The Balaban J connectivity index is 1.41. The number of hydrogen-bond acceptors (Lipinski definition) is 7. The molecular formula is C25H17Cl2N3O4S. The van der Waals surface area contributed by atoms with Crippen LogP contribution in [0.3, 0.4) is 0 Å². The van der Waals surface area contributed by atoms with Gasteiger partial charge in [-0.1, -0.05) is 46.7 Å². The summed E-state index contributed by atoms with van der Waals surface area (Å²) >= 11 is 13.5. The lowest BCUT2D eigenvalue weighted by Gasteiger charge is -2.07. The van der Waals surface area contributed by atoms with E-state index < -0.39 is 0 Å². The number of benzene rings is 2. The van der Waals surface area contributed by atoms with Gasteiger partial charge in [0.2, 0.25) is 4.96 Å². The molecule has 0 atom stereocenters.